The van der Waals surface area contributed by atoms with Gasteiger partial charge in [-0.1, -0.05) is 83.9 Å². The third-order valence-corrected chi connectivity index (χ3v) is 6.82. The summed E-state index contributed by atoms with van der Waals surface area (Å²) in [7, 11) is -4.72. The predicted molar refractivity (Wildman–Crippen MR) is 138 cm³/mol. The Morgan fingerprint density at radius 2 is 1.49 bits per heavy atom. The monoisotopic (exact) mass is 540 g/mol. The lowest BCUT2D eigenvalue weighted by atomic mass is 9.87. The van der Waals surface area contributed by atoms with E-state index in [0.717, 1.165) is 12.8 Å². The van der Waals surface area contributed by atoms with E-state index < -0.39 is 31.9 Å². The molecule has 0 fully saturated rings. The Bertz CT molecular complexity index is 672. The molecule has 0 rings (SSSR count). The van der Waals surface area contributed by atoms with Crippen LogP contribution < -0.4 is 10.6 Å². The molecule has 0 radical (unpaired) electrons. The summed E-state index contributed by atoms with van der Waals surface area (Å²) in [4.78, 5) is 53.4. The van der Waals surface area contributed by atoms with Crippen LogP contribution in [-0.4, -0.2) is 63.4 Å². The topological polar surface area (TPSA) is 162 Å². The van der Waals surface area contributed by atoms with Gasteiger partial charge in [-0.05, 0) is 6.42 Å². The van der Waals surface area contributed by atoms with E-state index in [-0.39, 0.29) is 24.0 Å². The van der Waals surface area contributed by atoms with Gasteiger partial charge >= 0.3 is 7.82 Å². The van der Waals surface area contributed by atoms with Crippen LogP contribution in [0.15, 0.2) is 0 Å². The largest absolute Gasteiger partial charge is 0.469 e. The van der Waals surface area contributed by atoms with Crippen molar-refractivity contribution >= 4 is 36.5 Å². The van der Waals surface area contributed by atoms with Gasteiger partial charge in [0, 0.05) is 37.1 Å². The summed E-state index contributed by atoms with van der Waals surface area (Å²) >= 11 is 1.21. The number of carbonyl (C=O) groups excluding carboxylic acids is 3. The lowest BCUT2D eigenvalue weighted by Crippen LogP contribution is -2.46. The lowest BCUT2D eigenvalue weighted by Gasteiger charge is -2.29. The Balaban J connectivity index is 3.81. The second-order valence-electron chi connectivity index (χ2n) is 9.35. The van der Waals surface area contributed by atoms with Crippen LogP contribution in [0.4, 0.5) is 0 Å². The van der Waals surface area contributed by atoms with Crippen molar-refractivity contribution in [3.63, 3.8) is 0 Å². The SMILES string of the molecule is CCCCCCCCCCCC(=O)SCCNC(=O)CCNC(=O)[C@@H](O)C(C)(C)COP(=O)(O)O. The van der Waals surface area contributed by atoms with Crippen LogP contribution in [0.1, 0.15) is 91.4 Å². The Labute approximate surface area is 214 Å². The van der Waals surface area contributed by atoms with Gasteiger partial charge in [0.25, 0.3) is 0 Å². The normalized spacial score (nSPS) is 12.9. The molecule has 0 aliphatic rings. The number of nitrogens with one attached hydrogen (secondary N) is 2. The number of amides is 2. The van der Waals surface area contributed by atoms with Crippen LogP contribution in [0.3, 0.4) is 0 Å². The van der Waals surface area contributed by atoms with Crippen LogP contribution in [0.25, 0.3) is 0 Å². The van der Waals surface area contributed by atoms with Crippen molar-refractivity contribution < 1.29 is 38.4 Å². The highest BCUT2D eigenvalue weighted by atomic mass is 32.2. The third kappa shape index (κ3) is 19.8. The summed E-state index contributed by atoms with van der Waals surface area (Å²) < 4.78 is 15.2. The fourth-order valence-electron chi connectivity index (χ4n) is 3.18. The van der Waals surface area contributed by atoms with E-state index in [0.29, 0.717) is 18.7 Å². The molecule has 0 aromatic rings. The molecule has 0 aromatic heterocycles. The Kier molecular flexibility index (Phi) is 18.7. The summed E-state index contributed by atoms with van der Waals surface area (Å²) in [6.45, 7) is 4.87. The maximum absolute atomic E-state index is 12.0. The third-order valence-electron chi connectivity index (χ3n) is 5.42. The standard InChI is InChI=1S/C23H45N2O8PS/c1-4-5-6-7-8-9-10-11-12-13-20(27)35-17-16-24-19(26)14-15-25-22(29)21(28)23(2,3)18-33-34(30,31)32/h21,28H,4-18H2,1-3H3,(H,24,26)(H,25,29)(H2,30,31,32)/t21-/m1/s1. The Morgan fingerprint density at radius 1 is 0.914 bits per heavy atom. The minimum atomic E-state index is -4.72. The van der Waals surface area contributed by atoms with E-state index in [1.54, 1.807) is 0 Å². The van der Waals surface area contributed by atoms with Gasteiger partial charge in [-0.15, -0.1) is 0 Å². The molecule has 0 saturated heterocycles. The highest BCUT2D eigenvalue weighted by Crippen LogP contribution is 2.38. The van der Waals surface area contributed by atoms with Crippen LogP contribution in [0.2, 0.25) is 0 Å². The van der Waals surface area contributed by atoms with Crippen molar-refractivity contribution in [2.45, 2.75) is 97.5 Å². The van der Waals surface area contributed by atoms with Gasteiger partial charge in [-0.3, -0.25) is 18.9 Å². The number of phosphoric ester groups is 1. The number of carbonyl (C=O) groups is 3. The molecule has 0 heterocycles. The van der Waals surface area contributed by atoms with E-state index in [1.165, 1.54) is 70.6 Å². The summed E-state index contributed by atoms with van der Waals surface area (Å²) in [5, 5.41) is 15.3. The molecule has 0 aliphatic heterocycles. The molecule has 35 heavy (non-hydrogen) atoms. The molecule has 2 amide bonds. The van der Waals surface area contributed by atoms with Gasteiger partial charge in [0.1, 0.15) is 6.10 Å². The first-order chi connectivity index (χ1) is 16.4. The van der Waals surface area contributed by atoms with Crippen molar-refractivity contribution in [1.29, 1.82) is 0 Å². The number of rotatable bonds is 21. The maximum atomic E-state index is 12.0. The average Bonchev–Trinajstić information content (AvgIpc) is 2.78. The fraction of sp³-hybridized carbons (Fsp3) is 0.870. The molecule has 10 nitrogen and oxygen atoms in total. The quantitative estimate of drug-likeness (QED) is 0.109. The molecule has 0 aromatic carbocycles. The van der Waals surface area contributed by atoms with Crippen LogP contribution in [0, 0.1) is 5.41 Å². The second kappa shape index (κ2) is 19.2. The van der Waals surface area contributed by atoms with Crippen molar-refractivity contribution in [2.24, 2.45) is 5.41 Å². The number of aliphatic hydroxyl groups excluding tert-OH is 1. The van der Waals surface area contributed by atoms with Crippen molar-refractivity contribution in [3.05, 3.63) is 0 Å². The Morgan fingerprint density at radius 3 is 2.06 bits per heavy atom. The zero-order valence-electron chi connectivity index (χ0n) is 21.4. The van der Waals surface area contributed by atoms with Gasteiger partial charge in [-0.2, -0.15) is 0 Å². The molecule has 0 unspecified atom stereocenters. The van der Waals surface area contributed by atoms with Crippen molar-refractivity contribution in [3.8, 4) is 0 Å². The van der Waals surface area contributed by atoms with E-state index >= 15 is 0 Å². The van der Waals surface area contributed by atoms with E-state index in [9.17, 15) is 24.1 Å². The highest BCUT2D eigenvalue weighted by molar-refractivity contribution is 8.13. The molecule has 1 atom stereocenters. The number of thioether (sulfide) groups is 1. The average molecular weight is 541 g/mol. The first-order valence-corrected chi connectivity index (χ1v) is 15.0. The zero-order chi connectivity index (χ0) is 26.7. The number of hydrogen-bond acceptors (Lipinski definition) is 7. The van der Waals surface area contributed by atoms with E-state index in [1.807, 2.05) is 0 Å². The van der Waals surface area contributed by atoms with Crippen molar-refractivity contribution in [2.75, 3.05) is 25.4 Å². The van der Waals surface area contributed by atoms with Gasteiger partial charge in [0.05, 0.1) is 6.61 Å². The Hall–Kier alpha value is -0.970. The zero-order valence-corrected chi connectivity index (χ0v) is 23.1. The molecule has 12 heteroatoms. The van der Waals surface area contributed by atoms with Gasteiger partial charge in [0.15, 0.2) is 5.12 Å². The van der Waals surface area contributed by atoms with E-state index in [2.05, 4.69) is 22.1 Å². The van der Waals surface area contributed by atoms with Crippen LogP contribution in [-0.2, 0) is 23.5 Å². The van der Waals surface area contributed by atoms with Gasteiger partial charge in [0.2, 0.25) is 11.8 Å². The summed E-state index contributed by atoms with van der Waals surface area (Å²) in [6.07, 6.45) is 9.83. The number of hydrogen-bond donors (Lipinski definition) is 5. The second-order valence-corrected chi connectivity index (χ2v) is 11.7. The summed E-state index contributed by atoms with van der Waals surface area (Å²) in [5.41, 5.74) is -1.24. The molecule has 206 valence electrons. The van der Waals surface area contributed by atoms with Crippen molar-refractivity contribution in [1.82, 2.24) is 10.6 Å². The predicted octanol–water partition coefficient (Wildman–Crippen LogP) is 3.29. The van der Waals surface area contributed by atoms with Crippen LogP contribution in [0.5, 0.6) is 0 Å². The van der Waals surface area contributed by atoms with Crippen LogP contribution >= 0.6 is 19.6 Å². The molecule has 0 bridgehead atoms. The maximum Gasteiger partial charge on any atom is 0.469 e. The number of unbranched alkanes of at least 4 members (excludes halogenated alkanes) is 8. The van der Waals surface area contributed by atoms with Gasteiger partial charge in [-0.25, -0.2) is 4.57 Å². The van der Waals surface area contributed by atoms with Gasteiger partial charge < -0.3 is 25.5 Å². The number of phosphoric acid groups is 1. The molecular weight excluding hydrogens is 495 g/mol. The smallest absolute Gasteiger partial charge is 0.383 e. The van der Waals surface area contributed by atoms with E-state index in [4.69, 9.17) is 9.79 Å². The first-order valence-electron chi connectivity index (χ1n) is 12.5. The molecule has 0 aliphatic carbocycles. The first kappa shape index (κ1) is 34.0. The number of aliphatic hydroxyl groups is 1. The molecular formula is C23H45N2O8PS. The minimum absolute atomic E-state index is 0.00503. The fourth-order valence-corrected chi connectivity index (χ4v) is 4.40. The molecule has 0 saturated carbocycles. The molecule has 5 N–H and O–H groups in total. The minimum Gasteiger partial charge on any atom is -0.383 e. The summed E-state index contributed by atoms with van der Waals surface area (Å²) in [5.74, 6) is -0.577. The lowest BCUT2D eigenvalue weighted by molar-refractivity contribution is -0.137. The highest BCUT2D eigenvalue weighted by Gasteiger charge is 2.35. The molecule has 0 spiro atoms. The summed E-state index contributed by atoms with van der Waals surface area (Å²) in [6, 6.07) is 0.